The highest BCUT2D eigenvalue weighted by Crippen LogP contribution is 1.50. The van der Waals surface area contributed by atoms with Crippen molar-refractivity contribution < 1.29 is 0 Å². The van der Waals surface area contributed by atoms with E-state index in [1.54, 1.807) is 6.08 Å². The van der Waals surface area contributed by atoms with E-state index in [1.165, 1.54) is 6.20 Å². The van der Waals surface area contributed by atoms with Crippen LogP contribution in [0.25, 0.3) is 0 Å². The Balaban J connectivity index is 3.26. The third kappa shape index (κ3) is 3.32. The fraction of sp³-hybridized carbons (Fsp3) is 0.250. The van der Waals surface area contributed by atoms with Crippen LogP contribution in [0, 0.1) is 0 Å². The molecule has 0 unspecified atom stereocenters. The lowest BCUT2D eigenvalue weighted by Gasteiger charge is -1.51. The van der Waals surface area contributed by atoms with Crippen molar-refractivity contribution in [3.8, 4) is 0 Å². The van der Waals surface area contributed by atoms with Gasteiger partial charge in [-0.15, -0.1) is 5.73 Å². The Labute approximate surface area is 31.8 Å². The van der Waals surface area contributed by atoms with Crippen molar-refractivity contribution in [2.45, 2.75) is 6.92 Å². The standard InChI is InChI=1S/C4H7N/c1-2-3-4-5/h2,4H,5H2,1H3. The normalized spacial score (nSPS) is 5.00. The highest BCUT2D eigenvalue weighted by Gasteiger charge is 1.34. The maximum atomic E-state index is 4.87. The molecule has 0 heterocycles. The minimum Gasteiger partial charge on any atom is -0.398 e. The maximum absolute atomic E-state index is 4.87. The van der Waals surface area contributed by atoms with Crippen LogP contribution in [-0.2, 0) is 0 Å². The van der Waals surface area contributed by atoms with Crippen LogP contribution in [0.5, 0.6) is 0 Å². The van der Waals surface area contributed by atoms with Crippen LogP contribution in [0.15, 0.2) is 18.0 Å². The highest BCUT2D eigenvalue weighted by atomic mass is 14.5. The molecule has 0 aliphatic rings. The molecule has 1 nitrogen and oxygen atoms in total. The van der Waals surface area contributed by atoms with Crippen LogP contribution in [0.2, 0.25) is 0 Å². The van der Waals surface area contributed by atoms with Gasteiger partial charge in [0.15, 0.2) is 0 Å². The van der Waals surface area contributed by atoms with Gasteiger partial charge >= 0.3 is 0 Å². The topological polar surface area (TPSA) is 26.0 Å². The molecule has 5 heavy (non-hydrogen) atoms. The molecule has 0 fully saturated rings. The Hall–Kier alpha value is -0.680. The quantitative estimate of drug-likeness (QED) is 0.415. The molecule has 0 rings (SSSR count). The SMILES string of the molecule is CC=C=CN. The predicted octanol–water partition coefficient (Wildman–Crippen LogP) is 0.634. The molecular weight excluding hydrogens is 62.1 g/mol. The Kier molecular flexibility index (Phi) is 2.87. The molecule has 28 valence electrons. The van der Waals surface area contributed by atoms with Crippen molar-refractivity contribution in [1.82, 2.24) is 0 Å². The molecule has 0 spiro atoms. The fourth-order valence-electron chi connectivity index (χ4n) is 0.0962. The summed E-state index contributed by atoms with van der Waals surface area (Å²) in [5.41, 5.74) is 7.51. The van der Waals surface area contributed by atoms with Crippen LogP contribution >= 0.6 is 0 Å². The molecule has 0 amide bonds. The van der Waals surface area contributed by atoms with Gasteiger partial charge in [-0.3, -0.25) is 0 Å². The second kappa shape index (κ2) is 3.32. The largest absolute Gasteiger partial charge is 0.398 e. The number of allylic oxidation sites excluding steroid dienone is 1. The molecule has 0 saturated carbocycles. The van der Waals surface area contributed by atoms with Gasteiger partial charge in [-0.25, -0.2) is 0 Å². The molecule has 0 saturated heterocycles. The lowest BCUT2D eigenvalue weighted by Crippen LogP contribution is -1.69. The van der Waals surface area contributed by atoms with E-state index < -0.39 is 0 Å². The second-order valence-corrected chi connectivity index (χ2v) is 0.622. The highest BCUT2D eigenvalue weighted by molar-refractivity contribution is 4.75. The molecular formula is C4H7N. The molecule has 0 atom stereocenters. The first-order valence-corrected chi connectivity index (χ1v) is 1.49. The van der Waals surface area contributed by atoms with Crippen molar-refractivity contribution in [1.29, 1.82) is 0 Å². The first-order chi connectivity index (χ1) is 2.41. The molecule has 2 N–H and O–H groups in total. The zero-order chi connectivity index (χ0) is 4.12. The summed E-state index contributed by atoms with van der Waals surface area (Å²) in [6, 6.07) is 0. The first-order valence-electron chi connectivity index (χ1n) is 1.49. The third-order valence-electron chi connectivity index (χ3n) is 0.263. The summed E-state index contributed by atoms with van der Waals surface area (Å²) in [4.78, 5) is 0. The van der Waals surface area contributed by atoms with Crippen LogP contribution in [0.3, 0.4) is 0 Å². The summed E-state index contributed by atoms with van der Waals surface area (Å²) in [6.45, 7) is 1.86. The zero-order valence-electron chi connectivity index (χ0n) is 3.23. The Morgan fingerprint density at radius 1 is 1.80 bits per heavy atom. The smallest absolute Gasteiger partial charge is 0.0368 e. The summed E-state index contributed by atoms with van der Waals surface area (Å²) in [5, 5.41) is 0. The molecule has 0 bridgehead atoms. The second-order valence-electron chi connectivity index (χ2n) is 0.622. The van der Waals surface area contributed by atoms with Crippen LogP contribution in [-0.4, -0.2) is 0 Å². The third-order valence-corrected chi connectivity index (χ3v) is 0.263. The molecule has 0 aromatic heterocycles. The molecule has 0 aromatic rings. The van der Waals surface area contributed by atoms with Crippen molar-refractivity contribution >= 4 is 0 Å². The Morgan fingerprint density at radius 3 is 2.40 bits per heavy atom. The van der Waals surface area contributed by atoms with Gasteiger partial charge in [0.2, 0.25) is 0 Å². The summed E-state index contributed by atoms with van der Waals surface area (Å²) in [6.07, 6.45) is 3.12. The fourth-order valence-corrected chi connectivity index (χ4v) is 0.0962. The minimum absolute atomic E-state index is 1.38. The Morgan fingerprint density at radius 2 is 2.40 bits per heavy atom. The van der Waals surface area contributed by atoms with E-state index in [4.69, 9.17) is 5.73 Å². The molecule has 0 aliphatic heterocycles. The lowest BCUT2D eigenvalue weighted by molar-refractivity contribution is 1.60. The van der Waals surface area contributed by atoms with Gasteiger partial charge in [-0.05, 0) is 13.0 Å². The van der Waals surface area contributed by atoms with Gasteiger partial charge in [0.1, 0.15) is 0 Å². The summed E-state index contributed by atoms with van der Waals surface area (Å²) < 4.78 is 0. The number of hydrogen-bond donors (Lipinski definition) is 1. The van der Waals surface area contributed by atoms with Crippen molar-refractivity contribution in [2.24, 2.45) is 5.73 Å². The maximum Gasteiger partial charge on any atom is 0.0368 e. The van der Waals surface area contributed by atoms with Gasteiger partial charge in [0.05, 0.1) is 0 Å². The summed E-state index contributed by atoms with van der Waals surface area (Å²) in [5.74, 6) is 0. The van der Waals surface area contributed by atoms with E-state index in [-0.39, 0.29) is 0 Å². The number of hydrogen-bond acceptors (Lipinski definition) is 1. The molecule has 1 heteroatoms. The summed E-state index contributed by atoms with van der Waals surface area (Å²) in [7, 11) is 0. The molecule has 0 aromatic carbocycles. The van der Waals surface area contributed by atoms with Crippen molar-refractivity contribution in [3.63, 3.8) is 0 Å². The number of rotatable bonds is 0. The van der Waals surface area contributed by atoms with E-state index in [0.717, 1.165) is 0 Å². The number of nitrogens with two attached hydrogens (primary N) is 1. The van der Waals surface area contributed by atoms with E-state index >= 15 is 0 Å². The van der Waals surface area contributed by atoms with E-state index in [1.807, 2.05) is 6.92 Å². The van der Waals surface area contributed by atoms with E-state index in [2.05, 4.69) is 5.73 Å². The van der Waals surface area contributed by atoms with Gasteiger partial charge in [0, 0.05) is 6.20 Å². The molecule has 0 aliphatic carbocycles. The average molecular weight is 69.1 g/mol. The van der Waals surface area contributed by atoms with Gasteiger partial charge in [-0.1, -0.05) is 0 Å². The first kappa shape index (κ1) is 4.32. The summed E-state index contributed by atoms with van der Waals surface area (Å²) >= 11 is 0. The predicted molar refractivity (Wildman–Crippen MR) is 22.5 cm³/mol. The zero-order valence-corrected chi connectivity index (χ0v) is 3.23. The van der Waals surface area contributed by atoms with Crippen LogP contribution in [0.1, 0.15) is 6.92 Å². The Bertz CT molecular complexity index is 52.0. The minimum atomic E-state index is 1.38. The van der Waals surface area contributed by atoms with E-state index in [9.17, 15) is 0 Å². The van der Waals surface area contributed by atoms with Crippen molar-refractivity contribution in [3.05, 3.63) is 18.0 Å². The van der Waals surface area contributed by atoms with Crippen LogP contribution in [0.4, 0.5) is 0 Å². The van der Waals surface area contributed by atoms with Crippen molar-refractivity contribution in [2.75, 3.05) is 0 Å². The van der Waals surface area contributed by atoms with Crippen LogP contribution < -0.4 is 5.73 Å². The monoisotopic (exact) mass is 69.1 g/mol. The van der Waals surface area contributed by atoms with Gasteiger partial charge in [-0.2, -0.15) is 0 Å². The van der Waals surface area contributed by atoms with Gasteiger partial charge in [0.25, 0.3) is 0 Å². The molecule has 0 radical (unpaired) electrons. The lowest BCUT2D eigenvalue weighted by atomic mass is 10.7. The average Bonchev–Trinajstić information content (AvgIpc) is 1.41. The van der Waals surface area contributed by atoms with Gasteiger partial charge < -0.3 is 5.73 Å². The van der Waals surface area contributed by atoms with E-state index in [0.29, 0.717) is 0 Å².